The van der Waals surface area contributed by atoms with Gasteiger partial charge < -0.3 is 10.1 Å². The molecule has 0 heterocycles. The Morgan fingerprint density at radius 1 is 1.21 bits per heavy atom. The maximum atomic E-state index is 13.2. The molecule has 0 fully saturated rings. The zero-order chi connectivity index (χ0) is 21.6. The van der Waals surface area contributed by atoms with Crippen molar-refractivity contribution in [1.82, 2.24) is 4.31 Å². The fourth-order valence-corrected chi connectivity index (χ4v) is 4.73. The third-order valence-corrected chi connectivity index (χ3v) is 6.20. The molecule has 156 valence electrons. The second-order valence-corrected chi connectivity index (χ2v) is 8.14. The lowest BCUT2D eigenvalue weighted by atomic mass is 10.2. The fraction of sp³-hybridized carbons (Fsp3) is 0.316. The van der Waals surface area contributed by atoms with E-state index in [1.807, 2.05) is 0 Å². The van der Waals surface area contributed by atoms with E-state index in [4.69, 9.17) is 4.74 Å². The summed E-state index contributed by atoms with van der Waals surface area (Å²) in [6.45, 7) is 2.79. The number of nitrogens with zero attached hydrogens (tertiary/aromatic N) is 2. The van der Waals surface area contributed by atoms with Crippen LogP contribution in [-0.4, -0.2) is 43.8 Å². The first-order valence-electron chi connectivity index (χ1n) is 8.89. The molecule has 2 rings (SSSR count). The highest BCUT2D eigenvalue weighted by Crippen LogP contribution is 2.30. The number of anilines is 1. The molecular weight excluding hydrogens is 398 g/mol. The Labute approximate surface area is 169 Å². The summed E-state index contributed by atoms with van der Waals surface area (Å²) in [6.07, 6.45) is 0.431. The lowest BCUT2D eigenvalue weighted by Crippen LogP contribution is -2.39. The molecule has 1 N–H and O–H groups in total. The first kappa shape index (κ1) is 22.3. The topological polar surface area (TPSA) is 119 Å². The summed E-state index contributed by atoms with van der Waals surface area (Å²) in [5, 5.41) is 14.0. The maximum absolute atomic E-state index is 13.2. The van der Waals surface area contributed by atoms with E-state index in [1.54, 1.807) is 31.2 Å². The van der Waals surface area contributed by atoms with Gasteiger partial charge >= 0.3 is 0 Å². The van der Waals surface area contributed by atoms with E-state index < -0.39 is 38.0 Å². The third kappa shape index (κ3) is 5.09. The average Bonchev–Trinajstić information content (AvgIpc) is 2.67. The number of aryl methyl sites for hydroxylation is 1. The maximum Gasteiger partial charge on any atom is 0.289 e. The molecule has 0 aliphatic rings. The van der Waals surface area contributed by atoms with E-state index in [1.165, 1.54) is 26.2 Å². The van der Waals surface area contributed by atoms with Crippen LogP contribution >= 0.6 is 0 Å². The van der Waals surface area contributed by atoms with Crippen molar-refractivity contribution in [3.63, 3.8) is 0 Å². The summed E-state index contributed by atoms with van der Waals surface area (Å²) in [4.78, 5) is 22.8. The zero-order valence-electron chi connectivity index (χ0n) is 16.4. The Hall–Kier alpha value is -2.98. The smallest absolute Gasteiger partial charge is 0.289 e. The molecule has 1 amide bonds. The van der Waals surface area contributed by atoms with Gasteiger partial charge in [-0.2, -0.15) is 4.31 Å². The van der Waals surface area contributed by atoms with Gasteiger partial charge in [-0.05, 0) is 31.0 Å². The van der Waals surface area contributed by atoms with Crippen LogP contribution in [-0.2, 0) is 14.8 Å². The molecule has 0 bridgehead atoms. The number of rotatable bonds is 9. The van der Waals surface area contributed by atoms with E-state index in [0.29, 0.717) is 17.9 Å². The Bertz CT molecular complexity index is 1010. The lowest BCUT2D eigenvalue weighted by Gasteiger charge is -2.22. The number of ether oxygens (including phenoxy) is 1. The van der Waals surface area contributed by atoms with Crippen molar-refractivity contribution in [2.45, 2.75) is 25.2 Å². The number of methoxy groups -OCH3 is 1. The van der Waals surface area contributed by atoms with Gasteiger partial charge in [0.2, 0.25) is 5.91 Å². The first-order valence-corrected chi connectivity index (χ1v) is 10.3. The summed E-state index contributed by atoms with van der Waals surface area (Å²) >= 11 is 0. The largest absolute Gasteiger partial charge is 0.495 e. The molecule has 0 aliphatic carbocycles. The Morgan fingerprint density at radius 2 is 1.90 bits per heavy atom. The first-order chi connectivity index (χ1) is 13.7. The lowest BCUT2D eigenvalue weighted by molar-refractivity contribution is -0.387. The molecule has 2 aromatic rings. The van der Waals surface area contributed by atoms with Crippen LogP contribution in [0, 0.1) is 17.0 Å². The molecule has 0 atom stereocenters. The van der Waals surface area contributed by atoms with Crippen LogP contribution < -0.4 is 10.1 Å². The van der Waals surface area contributed by atoms with E-state index >= 15 is 0 Å². The van der Waals surface area contributed by atoms with E-state index in [0.717, 1.165) is 10.4 Å². The number of para-hydroxylation sites is 2. The summed E-state index contributed by atoms with van der Waals surface area (Å²) in [5.41, 5.74) is 0.123. The van der Waals surface area contributed by atoms with Gasteiger partial charge in [-0.25, -0.2) is 8.42 Å². The van der Waals surface area contributed by atoms with Crippen molar-refractivity contribution in [3.05, 3.63) is 58.1 Å². The number of hydrogen-bond acceptors (Lipinski definition) is 6. The second-order valence-electron chi connectivity index (χ2n) is 6.27. The third-order valence-electron chi connectivity index (χ3n) is 4.16. The quantitative estimate of drug-likeness (QED) is 0.491. The molecule has 0 aliphatic heterocycles. The van der Waals surface area contributed by atoms with Crippen molar-refractivity contribution < 1.29 is 22.9 Å². The highest BCUT2D eigenvalue weighted by atomic mass is 32.2. The van der Waals surface area contributed by atoms with Crippen LogP contribution in [0.5, 0.6) is 5.75 Å². The predicted molar refractivity (Wildman–Crippen MR) is 109 cm³/mol. The number of benzene rings is 2. The molecule has 0 unspecified atom stereocenters. The van der Waals surface area contributed by atoms with Crippen molar-refractivity contribution in [1.29, 1.82) is 0 Å². The highest BCUT2D eigenvalue weighted by molar-refractivity contribution is 7.89. The van der Waals surface area contributed by atoms with Gasteiger partial charge in [0.25, 0.3) is 15.7 Å². The number of hydrogen-bond donors (Lipinski definition) is 1. The SMILES string of the molecule is CCCN(CC(=O)Nc1ccccc1OC)S(=O)(=O)c1c(C)cccc1[N+](=O)[O-]. The number of nitrogens with one attached hydrogen (secondary N) is 1. The predicted octanol–water partition coefficient (Wildman–Crippen LogP) is 2.95. The number of carbonyl (C=O) groups is 1. The molecule has 2 aromatic carbocycles. The fourth-order valence-electron chi connectivity index (χ4n) is 2.88. The minimum Gasteiger partial charge on any atom is -0.495 e. The zero-order valence-corrected chi connectivity index (χ0v) is 17.2. The van der Waals surface area contributed by atoms with Gasteiger partial charge in [0.1, 0.15) is 5.75 Å². The monoisotopic (exact) mass is 421 g/mol. The highest BCUT2D eigenvalue weighted by Gasteiger charge is 2.34. The summed E-state index contributed by atoms with van der Waals surface area (Å²) < 4.78 is 32.5. The summed E-state index contributed by atoms with van der Waals surface area (Å²) in [6, 6.07) is 10.8. The standard InChI is InChI=1S/C19H23N3O6S/c1-4-12-21(13-18(23)20-15-9-5-6-11-17(15)28-3)29(26,27)19-14(2)8-7-10-16(19)22(24)25/h5-11H,4,12-13H2,1-3H3,(H,20,23). The molecule has 29 heavy (non-hydrogen) atoms. The van der Waals surface area contributed by atoms with Gasteiger partial charge in [0.15, 0.2) is 4.90 Å². The van der Waals surface area contributed by atoms with Crippen LogP contribution in [0.25, 0.3) is 0 Å². The molecule has 0 radical (unpaired) electrons. The number of nitro groups is 1. The minimum absolute atomic E-state index is 0.0349. The van der Waals surface area contributed by atoms with Crippen LogP contribution in [0.2, 0.25) is 0 Å². The van der Waals surface area contributed by atoms with Crippen LogP contribution in [0.15, 0.2) is 47.4 Å². The molecule has 0 aromatic heterocycles. The minimum atomic E-state index is -4.27. The molecular formula is C19H23N3O6S. The Morgan fingerprint density at radius 3 is 2.52 bits per heavy atom. The van der Waals surface area contributed by atoms with Gasteiger partial charge in [0.05, 0.1) is 24.3 Å². The molecule has 9 nitrogen and oxygen atoms in total. The molecule has 0 saturated carbocycles. The summed E-state index contributed by atoms with van der Waals surface area (Å²) in [5.74, 6) is -0.150. The van der Waals surface area contributed by atoms with Crippen molar-refractivity contribution in [2.24, 2.45) is 0 Å². The number of amides is 1. The Balaban J connectivity index is 2.36. The van der Waals surface area contributed by atoms with Gasteiger partial charge in [0, 0.05) is 12.6 Å². The van der Waals surface area contributed by atoms with Crippen LogP contribution in [0.1, 0.15) is 18.9 Å². The van der Waals surface area contributed by atoms with Crippen LogP contribution in [0.3, 0.4) is 0 Å². The molecule has 0 saturated heterocycles. The van der Waals surface area contributed by atoms with Crippen molar-refractivity contribution >= 4 is 27.3 Å². The van der Waals surface area contributed by atoms with E-state index in [2.05, 4.69) is 5.32 Å². The second kappa shape index (κ2) is 9.48. The number of sulfonamides is 1. The Kier molecular flexibility index (Phi) is 7.29. The summed E-state index contributed by atoms with van der Waals surface area (Å²) in [7, 11) is -2.82. The van der Waals surface area contributed by atoms with E-state index in [-0.39, 0.29) is 12.1 Å². The molecule has 10 heteroatoms. The van der Waals surface area contributed by atoms with Gasteiger partial charge in [-0.1, -0.05) is 31.2 Å². The van der Waals surface area contributed by atoms with Gasteiger partial charge in [-0.15, -0.1) is 0 Å². The number of carbonyl (C=O) groups excluding carboxylic acids is 1. The molecule has 0 spiro atoms. The van der Waals surface area contributed by atoms with Crippen LogP contribution in [0.4, 0.5) is 11.4 Å². The van der Waals surface area contributed by atoms with Crippen molar-refractivity contribution in [2.75, 3.05) is 25.5 Å². The normalized spacial score (nSPS) is 11.3. The number of nitro benzene ring substituents is 1. The van der Waals surface area contributed by atoms with Gasteiger partial charge in [-0.3, -0.25) is 14.9 Å². The van der Waals surface area contributed by atoms with E-state index in [9.17, 15) is 23.3 Å². The average molecular weight is 421 g/mol. The van der Waals surface area contributed by atoms with Crippen molar-refractivity contribution in [3.8, 4) is 5.75 Å².